The SMILES string of the molecule is COc1ccc(S(=O)(=O)N(C)c2cccc(C(=O)NCc3ccccc3F)c2)cc1. The Kier molecular flexibility index (Phi) is 6.37. The molecule has 0 saturated heterocycles. The Balaban J connectivity index is 1.78. The van der Waals surface area contributed by atoms with E-state index in [0.29, 0.717) is 17.0 Å². The highest BCUT2D eigenvalue weighted by atomic mass is 32.2. The third-order valence-corrected chi connectivity index (χ3v) is 6.39. The van der Waals surface area contributed by atoms with Gasteiger partial charge in [-0.15, -0.1) is 0 Å². The quantitative estimate of drug-likeness (QED) is 0.624. The zero-order valence-corrected chi connectivity index (χ0v) is 17.3. The van der Waals surface area contributed by atoms with Crippen molar-refractivity contribution in [2.45, 2.75) is 11.4 Å². The summed E-state index contributed by atoms with van der Waals surface area (Å²) in [5, 5.41) is 2.64. The van der Waals surface area contributed by atoms with Gasteiger partial charge in [-0.25, -0.2) is 12.8 Å². The first-order chi connectivity index (χ1) is 14.3. The van der Waals surface area contributed by atoms with Crippen LogP contribution in [-0.2, 0) is 16.6 Å². The maximum Gasteiger partial charge on any atom is 0.264 e. The fourth-order valence-electron chi connectivity index (χ4n) is 2.81. The number of nitrogens with zero attached hydrogens (tertiary/aromatic N) is 1. The molecular formula is C22H21FN2O4S. The molecule has 6 nitrogen and oxygen atoms in total. The van der Waals surface area contributed by atoms with Crippen molar-refractivity contribution in [3.63, 3.8) is 0 Å². The van der Waals surface area contributed by atoms with E-state index in [-0.39, 0.29) is 17.0 Å². The van der Waals surface area contributed by atoms with Gasteiger partial charge in [0.1, 0.15) is 11.6 Å². The predicted molar refractivity (Wildman–Crippen MR) is 113 cm³/mol. The summed E-state index contributed by atoms with van der Waals surface area (Å²) in [4.78, 5) is 12.6. The zero-order chi connectivity index (χ0) is 21.7. The van der Waals surface area contributed by atoms with Crippen molar-refractivity contribution in [3.05, 3.63) is 89.7 Å². The highest BCUT2D eigenvalue weighted by molar-refractivity contribution is 7.92. The second kappa shape index (κ2) is 8.96. The van der Waals surface area contributed by atoms with Gasteiger partial charge in [-0.3, -0.25) is 9.10 Å². The average molecular weight is 428 g/mol. The van der Waals surface area contributed by atoms with Crippen molar-refractivity contribution in [2.75, 3.05) is 18.5 Å². The Morgan fingerprint density at radius 2 is 1.73 bits per heavy atom. The largest absolute Gasteiger partial charge is 0.497 e. The van der Waals surface area contributed by atoms with Crippen LogP contribution in [0.4, 0.5) is 10.1 Å². The molecule has 30 heavy (non-hydrogen) atoms. The molecule has 1 N–H and O–H groups in total. The standard InChI is InChI=1S/C22H21FN2O4S/c1-25(30(27,28)20-12-10-19(29-2)11-13-20)18-8-5-7-16(14-18)22(26)24-15-17-6-3-4-9-21(17)23/h3-14H,15H2,1-2H3,(H,24,26). The van der Waals surface area contributed by atoms with Crippen LogP contribution in [0.15, 0.2) is 77.7 Å². The minimum atomic E-state index is -3.82. The Hall–Kier alpha value is -3.39. The smallest absolute Gasteiger partial charge is 0.264 e. The molecule has 0 spiro atoms. The van der Waals surface area contributed by atoms with Crippen LogP contribution >= 0.6 is 0 Å². The summed E-state index contributed by atoms with van der Waals surface area (Å²) in [7, 11) is -0.913. The number of hydrogen-bond donors (Lipinski definition) is 1. The second-order valence-electron chi connectivity index (χ2n) is 6.47. The van der Waals surface area contributed by atoms with Gasteiger partial charge in [0.05, 0.1) is 17.7 Å². The molecule has 0 atom stereocenters. The number of carbonyl (C=O) groups is 1. The number of ether oxygens (including phenoxy) is 1. The minimum Gasteiger partial charge on any atom is -0.497 e. The number of carbonyl (C=O) groups excluding carboxylic acids is 1. The van der Waals surface area contributed by atoms with Crippen molar-refractivity contribution in [1.82, 2.24) is 5.32 Å². The lowest BCUT2D eigenvalue weighted by Gasteiger charge is -2.20. The van der Waals surface area contributed by atoms with Gasteiger partial charge in [-0.05, 0) is 48.5 Å². The molecule has 0 heterocycles. The van der Waals surface area contributed by atoms with E-state index in [1.165, 1.54) is 38.4 Å². The molecule has 0 aliphatic carbocycles. The lowest BCUT2D eigenvalue weighted by molar-refractivity contribution is 0.0950. The molecule has 0 bridgehead atoms. The summed E-state index contributed by atoms with van der Waals surface area (Å²) in [6, 6.07) is 18.4. The highest BCUT2D eigenvalue weighted by Gasteiger charge is 2.22. The number of benzene rings is 3. The first kappa shape index (κ1) is 21.3. The van der Waals surface area contributed by atoms with Gasteiger partial charge >= 0.3 is 0 Å². The number of anilines is 1. The highest BCUT2D eigenvalue weighted by Crippen LogP contribution is 2.24. The van der Waals surface area contributed by atoms with E-state index in [1.807, 2.05) is 0 Å². The Morgan fingerprint density at radius 1 is 1.03 bits per heavy atom. The third-order valence-electron chi connectivity index (χ3n) is 4.59. The Bertz CT molecular complexity index is 1150. The molecule has 0 aromatic heterocycles. The van der Waals surface area contributed by atoms with Gasteiger partial charge in [-0.2, -0.15) is 0 Å². The van der Waals surface area contributed by atoms with Crippen LogP contribution < -0.4 is 14.4 Å². The van der Waals surface area contributed by atoms with Crippen LogP contribution in [0.3, 0.4) is 0 Å². The number of rotatable bonds is 7. The fourth-order valence-corrected chi connectivity index (χ4v) is 3.99. The number of methoxy groups -OCH3 is 1. The third kappa shape index (κ3) is 4.60. The van der Waals surface area contributed by atoms with Crippen molar-refractivity contribution in [1.29, 1.82) is 0 Å². The maximum atomic E-state index is 13.7. The molecule has 0 saturated carbocycles. The molecule has 3 rings (SSSR count). The van der Waals surface area contributed by atoms with E-state index >= 15 is 0 Å². The molecule has 0 aliphatic heterocycles. The van der Waals surface area contributed by atoms with Crippen LogP contribution in [0.5, 0.6) is 5.75 Å². The van der Waals surface area contributed by atoms with Crippen molar-refractivity contribution >= 4 is 21.6 Å². The number of sulfonamides is 1. The van der Waals surface area contributed by atoms with Crippen LogP contribution in [0.25, 0.3) is 0 Å². The normalized spacial score (nSPS) is 11.0. The summed E-state index contributed by atoms with van der Waals surface area (Å²) in [6.07, 6.45) is 0. The predicted octanol–water partition coefficient (Wildman–Crippen LogP) is 3.59. The van der Waals surface area contributed by atoms with Gasteiger partial charge in [0.25, 0.3) is 15.9 Å². The van der Waals surface area contributed by atoms with E-state index in [1.54, 1.807) is 48.5 Å². The van der Waals surface area contributed by atoms with E-state index in [2.05, 4.69) is 5.32 Å². The number of nitrogens with one attached hydrogen (secondary N) is 1. The molecule has 0 unspecified atom stereocenters. The van der Waals surface area contributed by atoms with Crippen LogP contribution in [-0.4, -0.2) is 28.5 Å². The Morgan fingerprint density at radius 3 is 2.40 bits per heavy atom. The molecule has 0 fully saturated rings. The molecule has 1 amide bonds. The molecule has 0 radical (unpaired) electrons. The van der Waals surface area contributed by atoms with Gasteiger partial charge in [0, 0.05) is 24.7 Å². The van der Waals surface area contributed by atoms with E-state index in [0.717, 1.165) is 4.31 Å². The van der Waals surface area contributed by atoms with E-state index in [4.69, 9.17) is 4.74 Å². The molecule has 3 aromatic carbocycles. The zero-order valence-electron chi connectivity index (χ0n) is 16.5. The monoisotopic (exact) mass is 428 g/mol. The van der Waals surface area contributed by atoms with E-state index < -0.39 is 21.7 Å². The van der Waals surface area contributed by atoms with Crippen molar-refractivity contribution in [3.8, 4) is 5.75 Å². The number of amides is 1. The molecule has 0 aliphatic rings. The van der Waals surface area contributed by atoms with Gasteiger partial charge < -0.3 is 10.1 Å². The fraction of sp³-hybridized carbons (Fsp3) is 0.136. The minimum absolute atomic E-state index is 0.0235. The summed E-state index contributed by atoms with van der Waals surface area (Å²) in [6.45, 7) is 0.0235. The van der Waals surface area contributed by atoms with Crippen molar-refractivity contribution in [2.24, 2.45) is 0 Å². The van der Waals surface area contributed by atoms with Gasteiger partial charge in [0.2, 0.25) is 0 Å². The van der Waals surface area contributed by atoms with Gasteiger partial charge in [0.15, 0.2) is 0 Å². The van der Waals surface area contributed by atoms with Crippen molar-refractivity contribution < 1.29 is 22.3 Å². The summed E-state index contributed by atoms with van der Waals surface area (Å²) in [5.41, 5.74) is 0.950. The van der Waals surface area contributed by atoms with E-state index in [9.17, 15) is 17.6 Å². The maximum absolute atomic E-state index is 13.7. The number of hydrogen-bond acceptors (Lipinski definition) is 4. The average Bonchev–Trinajstić information content (AvgIpc) is 2.78. The first-order valence-electron chi connectivity index (χ1n) is 9.07. The van der Waals surface area contributed by atoms with Gasteiger partial charge in [-0.1, -0.05) is 24.3 Å². The molecule has 3 aromatic rings. The van der Waals surface area contributed by atoms with Crippen LogP contribution in [0.1, 0.15) is 15.9 Å². The Labute approximate surface area is 175 Å². The molecule has 8 heteroatoms. The molecule has 156 valence electrons. The lowest BCUT2D eigenvalue weighted by atomic mass is 10.1. The summed E-state index contributed by atoms with van der Waals surface area (Å²) in [5.74, 6) is -0.294. The second-order valence-corrected chi connectivity index (χ2v) is 8.44. The van der Waals surface area contributed by atoms with Crippen LogP contribution in [0, 0.1) is 5.82 Å². The summed E-state index contributed by atoms with van der Waals surface area (Å²) >= 11 is 0. The lowest BCUT2D eigenvalue weighted by Crippen LogP contribution is -2.27. The number of halogens is 1. The topological polar surface area (TPSA) is 75.7 Å². The van der Waals surface area contributed by atoms with Crippen LogP contribution in [0.2, 0.25) is 0 Å². The molecular weight excluding hydrogens is 407 g/mol. The first-order valence-corrected chi connectivity index (χ1v) is 10.5. The summed E-state index contributed by atoms with van der Waals surface area (Å²) < 4.78 is 45.7.